The maximum Gasteiger partial charge on any atom is 0.181 e. The first kappa shape index (κ1) is 8.39. The van der Waals surface area contributed by atoms with Crippen LogP contribution < -0.4 is 5.73 Å². The summed E-state index contributed by atoms with van der Waals surface area (Å²) in [5.74, 6) is 0. The van der Waals surface area contributed by atoms with Crippen LogP contribution in [0.5, 0.6) is 0 Å². The Morgan fingerprint density at radius 2 is 2.44 bits per heavy atom. The third kappa shape index (κ3) is 1.99. The van der Waals surface area contributed by atoms with Gasteiger partial charge in [-0.1, -0.05) is 12.2 Å². The van der Waals surface area contributed by atoms with Gasteiger partial charge in [0.05, 0.1) is 0 Å². The summed E-state index contributed by atoms with van der Waals surface area (Å²) in [5.41, 5.74) is 5.69. The van der Waals surface area contributed by atoms with Gasteiger partial charge in [-0.3, -0.25) is 0 Å². The van der Waals surface area contributed by atoms with Crippen LogP contribution in [0.3, 0.4) is 0 Å². The van der Waals surface area contributed by atoms with E-state index in [9.17, 15) is 0 Å². The van der Waals surface area contributed by atoms with Gasteiger partial charge in [0.2, 0.25) is 0 Å². The number of aromatic nitrogens is 1. The molecule has 0 atom stereocenters. The number of nitrogens with two attached hydrogens (primary N) is 1. The summed E-state index contributed by atoms with van der Waals surface area (Å²) in [5, 5.41) is 0. The predicted molar refractivity (Wildman–Crippen MR) is 39.6 cm³/mol. The Morgan fingerprint density at radius 1 is 1.78 bits per heavy atom. The second-order valence-corrected chi connectivity index (χ2v) is 1.68. The first-order valence-electron chi connectivity index (χ1n) is 1.98. The number of nitrogens with zero attached hydrogens (tertiary/aromatic N) is 1. The van der Waals surface area contributed by atoms with Crippen LogP contribution in [0.15, 0.2) is 17.1 Å². The topological polar surface area (TPSA) is 52.0 Å². The summed E-state index contributed by atoms with van der Waals surface area (Å²) in [6, 6.07) is 0. The van der Waals surface area contributed by atoms with Crippen molar-refractivity contribution in [2.75, 3.05) is 0 Å². The summed E-state index contributed by atoms with van der Waals surface area (Å²) >= 11 is 4.57. The van der Waals surface area contributed by atoms with Gasteiger partial charge in [0.15, 0.2) is 6.39 Å². The zero-order valence-corrected chi connectivity index (χ0v) is 6.04. The molecule has 0 saturated carbocycles. The highest BCUT2D eigenvalue weighted by Crippen LogP contribution is 1.91. The second kappa shape index (κ2) is 3.42. The normalized spacial score (nSPS) is 8.00. The molecule has 0 aliphatic rings. The van der Waals surface area contributed by atoms with E-state index in [4.69, 9.17) is 5.73 Å². The van der Waals surface area contributed by atoms with Crippen molar-refractivity contribution in [2.45, 2.75) is 0 Å². The zero-order valence-electron chi connectivity index (χ0n) is 4.40. The summed E-state index contributed by atoms with van der Waals surface area (Å²) in [6.07, 6.45) is 2.69. The number of hydrogen-bond acceptors (Lipinski definition) is 3. The number of halogens is 1. The fraction of sp³-hybridized carbons (Fsp3) is 0. The molecule has 0 aromatic carbocycles. The van der Waals surface area contributed by atoms with Crippen molar-refractivity contribution in [1.29, 1.82) is 0 Å². The lowest BCUT2D eigenvalue weighted by atomic mass is 10.5. The number of oxazole rings is 1. The monoisotopic (exact) mass is 164 g/mol. The van der Waals surface area contributed by atoms with Gasteiger partial charge in [-0.15, -0.1) is 12.4 Å². The van der Waals surface area contributed by atoms with Crippen molar-refractivity contribution >= 4 is 29.6 Å². The van der Waals surface area contributed by atoms with E-state index in [1.54, 1.807) is 0 Å². The zero-order chi connectivity index (χ0) is 5.98. The summed E-state index contributed by atoms with van der Waals surface area (Å²) in [4.78, 5) is 3.95. The SMILES string of the molecule is Cl.NC(=S)c1cocn1. The largest absolute Gasteiger partial charge is 0.451 e. The van der Waals surface area contributed by atoms with Gasteiger partial charge in [0.1, 0.15) is 16.9 Å². The summed E-state index contributed by atoms with van der Waals surface area (Å²) in [7, 11) is 0. The molecule has 0 unspecified atom stereocenters. The van der Waals surface area contributed by atoms with Gasteiger partial charge >= 0.3 is 0 Å². The van der Waals surface area contributed by atoms with E-state index in [1.165, 1.54) is 12.7 Å². The van der Waals surface area contributed by atoms with E-state index >= 15 is 0 Å². The van der Waals surface area contributed by atoms with Gasteiger partial charge in [-0.25, -0.2) is 4.98 Å². The Balaban J connectivity index is 0.000000640. The van der Waals surface area contributed by atoms with Crippen molar-refractivity contribution in [1.82, 2.24) is 4.98 Å². The Hall–Kier alpha value is -0.610. The fourth-order valence-electron chi connectivity index (χ4n) is 0.334. The minimum Gasteiger partial charge on any atom is -0.451 e. The number of thiocarbonyl (C=S) groups is 1. The maximum atomic E-state index is 5.17. The molecule has 0 aliphatic carbocycles. The molecule has 1 aromatic heterocycles. The molecule has 0 radical (unpaired) electrons. The van der Waals surface area contributed by atoms with E-state index in [0.29, 0.717) is 5.69 Å². The molecule has 0 bridgehead atoms. The lowest BCUT2D eigenvalue weighted by molar-refractivity contribution is 0.557. The Kier molecular flexibility index (Phi) is 3.19. The van der Waals surface area contributed by atoms with E-state index in [1.807, 2.05) is 0 Å². The molecule has 1 aromatic rings. The van der Waals surface area contributed by atoms with Gasteiger partial charge < -0.3 is 10.2 Å². The van der Waals surface area contributed by atoms with Gasteiger partial charge in [0, 0.05) is 0 Å². The fourth-order valence-corrected chi connectivity index (χ4v) is 0.435. The highest BCUT2D eigenvalue weighted by molar-refractivity contribution is 7.80. The molecule has 1 heterocycles. The summed E-state index contributed by atoms with van der Waals surface area (Å²) < 4.78 is 4.60. The van der Waals surface area contributed by atoms with Crippen LogP contribution in [0.1, 0.15) is 5.69 Å². The van der Waals surface area contributed by atoms with Gasteiger partial charge in [-0.05, 0) is 0 Å². The number of hydrogen-bond donors (Lipinski definition) is 1. The third-order valence-corrected chi connectivity index (χ3v) is 0.894. The van der Waals surface area contributed by atoms with Crippen molar-refractivity contribution in [2.24, 2.45) is 5.73 Å². The molecule has 50 valence electrons. The standard InChI is InChI=1S/C4H4N2OS.ClH/c5-4(8)3-1-7-2-6-3;/h1-2H,(H2,5,8);1H. The van der Waals surface area contributed by atoms with Crippen LogP contribution in [-0.2, 0) is 0 Å². The van der Waals surface area contributed by atoms with E-state index in [0.717, 1.165) is 0 Å². The molecule has 0 aliphatic heterocycles. The molecule has 0 fully saturated rings. The lowest BCUT2D eigenvalue weighted by Gasteiger charge is -1.81. The second-order valence-electron chi connectivity index (χ2n) is 1.24. The van der Waals surface area contributed by atoms with Gasteiger partial charge in [0.25, 0.3) is 0 Å². The summed E-state index contributed by atoms with van der Waals surface area (Å²) in [6.45, 7) is 0. The molecule has 0 spiro atoms. The molecule has 0 amide bonds. The molecular weight excluding hydrogens is 160 g/mol. The van der Waals surface area contributed by atoms with Crippen LogP contribution in [0.2, 0.25) is 0 Å². The maximum absolute atomic E-state index is 5.17. The quantitative estimate of drug-likeness (QED) is 0.622. The van der Waals surface area contributed by atoms with E-state index in [2.05, 4.69) is 21.6 Å². The van der Waals surface area contributed by atoms with Crippen molar-refractivity contribution in [3.8, 4) is 0 Å². The van der Waals surface area contributed by atoms with Gasteiger partial charge in [-0.2, -0.15) is 0 Å². The van der Waals surface area contributed by atoms with Crippen molar-refractivity contribution in [3.05, 3.63) is 18.4 Å². The first-order chi connectivity index (χ1) is 3.80. The molecule has 1 rings (SSSR count). The third-order valence-electron chi connectivity index (χ3n) is 0.685. The molecule has 9 heavy (non-hydrogen) atoms. The Bertz CT molecular complexity index is 186. The van der Waals surface area contributed by atoms with Crippen LogP contribution in [-0.4, -0.2) is 9.97 Å². The number of rotatable bonds is 1. The highest BCUT2D eigenvalue weighted by atomic mass is 35.5. The molecule has 2 N–H and O–H groups in total. The molecule has 3 nitrogen and oxygen atoms in total. The lowest BCUT2D eigenvalue weighted by Crippen LogP contribution is -2.08. The van der Waals surface area contributed by atoms with Crippen LogP contribution in [0.25, 0.3) is 0 Å². The van der Waals surface area contributed by atoms with Crippen LogP contribution in [0.4, 0.5) is 0 Å². The Morgan fingerprint density at radius 3 is 2.67 bits per heavy atom. The molecule has 0 saturated heterocycles. The Labute approximate surface area is 63.7 Å². The van der Waals surface area contributed by atoms with Crippen molar-refractivity contribution in [3.63, 3.8) is 0 Å². The van der Waals surface area contributed by atoms with Crippen LogP contribution in [0, 0.1) is 0 Å². The molecular formula is C4H5ClN2OS. The predicted octanol–water partition coefficient (Wildman–Crippen LogP) is 0.731. The molecule has 5 heteroatoms. The minimum absolute atomic E-state index is 0. The highest BCUT2D eigenvalue weighted by Gasteiger charge is 1.95. The smallest absolute Gasteiger partial charge is 0.181 e. The van der Waals surface area contributed by atoms with E-state index in [-0.39, 0.29) is 17.4 Å². The van der Waals surface area contributed by atoms with Crippen molar-refractivity contribution < 1.29 is 4.42 Å². The minimum atomic E-state index is 0. The average molecular weight is 165 g/mol. The first-order valence-corrected chi connectivity index (χ1v) is 2.39. The van der Waals surface area contributed by atoms with E-state index < -0.39 is 0 Å². The van der Waals surface area contributed by atoms with Crippen LogP contribution >= 0.6 is 24.6 Å². The average Bonchev–Trinajstić information content (AvgIpc) is 2.12.